The van der Waals surface area contributed by atoms with Crippen LogP contribution in [0.15, 0.2) is 54.6 Å². The molecule has 0 aliphatic carbocycles. The van der Waals surface area contributed by atoms with Crippen molar-refractivity contribution in [1.29, 1.82) is 0 Å². The summed E-state index contributed by atoms with van der Waals surface area (Å²) < 4.78 is 0. The summed E-state index contributed by atoms with van der Waals surface area (Å²) in [7, 11) is 0. The van der Waals surface area contributed by atoms with Crippen molar-refractivity contribution >= 4 is 17.5 Å². The second kappa shape index (κ2) is 8.29. The first-order valence-electron chi connectivity index (χ1n) is 8.38. The third-order valence-corrected chi connectivity index (χ3v) is 4.06. The molecule has 4 heteroatoms. The summed E-state index contributed by atoms with van der Waals surface area (Å²) in [4.78, 5) is 28.6. The molecule has 0 atom stereocenters. The Morgan fingerprint density at radius 1 is 0.708 bits per heavy atom. The zero-order chi connectivity index (χ0) is 17.5. The van der Waals surface area contributed by atoms with Crippen LogP contribution in [0.4, 0.5) is 5.69 Å². The molecule has 0 N–H and O–H groups in total. The van der Waals surface area contributed by atoms with Gasteiger partial charge in [-0.05, 0) is 57.2 Å². The molecule has 0 saturated carbocycles. The van der Waals surface area contributed by atoms with Gasteiger partial charge >= 0.3 is 0 Å². The zero-order valence-electron chi connectivity index (χ0n) is 14.5. The van der Waals surface area contributed by atoms with Crippen LogP contribution < -0.4 is 4.90 Å². The van der Waals surface area contributed by atoms with E-state index in [0.717, 1.165) is 5.69 Å². The minimum Gasteiger partial charge on any atom is -0.339 e. The van der Waals surface area contributed by atoms with Gasteiger partial charge in [-0.25, -0.2) is 0 Å². The molecule has 0 unspecified atom stereocenters. The average molecular weight is 324 g/mol. The Morgan fingerprint density at radius 3 is 1.67 bits per heavy atom. The zero-order valence-corrected chi connectivity index (χ0v) is 14.5. The highest BCUT2D eigenvalue weighted by molar-refractivity contribution is 6.06. The molecule has 0 aromatic heterocycles. The number of nitrogens with zero attached hydrogens (tertiary/aromatic N) is 2. The van der Waals surface area contributed by atoms with Gasteiger partial charge in [-0.2, -0.15) is 0 Å². The summed E-state index contributed by atoms with van der Waals surface area (Å²) in [6, 6.07) is 16.5. The van der Waals surface area contributed by atoms with Crippen molar-refractivity contribution in [2.24, 2.45) is 0 Å². The van der Waals surface area contributed by atoms with Crippen molar-refractivity contribution in [1.82, 2.24) is 4.90 Å². The number of anilines is 1. The predicted octanol–water partition coefficient (Wildman–Crippen LogP) is 3.84. The summed E-state index contributed by atoms with van der Waals surface area (Å²) in [5.41, 5.74) is 2.06. The lowest BCUT2D eigenvalue weighted by Crippen LogP contribution is -2.31. The minimum atomic E-state index is -0.0643. The lowest BCUT2D eigenvalue weighted by Gasteiger charge is -2.21. The van der Waals surface area contributed by atoms with Crippen LogP contribution in [0.2, 0.25) is 0 Å². The smallest absolute Gasteiger partial charge is 0.258 e. The number of amides is 2. The Balaban J connectivity index is 2.20. The molecular formula is C20H24N2O2. The van der Waals surface area contributed by atoms with Crippen molar-refractivity contribution in [2.45, 2.75) is 20.8 Å². The van der Waals surface area contributed by atoms with E-state index in [1.807, 2.05) is 51.1 Å². The molecule has 0 aliphatic rings. The Labute approximate surface area is 143 Å². The van der Waals surface area contributed by atoms with Crippen LogP contribution in [0.25, 0.3) is 0 Å². The second-order valence-electron chi connectivity index (χ2n) is 5.44. The number of rotatable bonds is 6. The second-order valence-corrected chi connectivity index (χ2v) is 5.44. The van der Waals surface area contributed by atoms with E-state index in [1.54, 1.807) is 34.1 Å². The van der Waals surface area contributed by atoms with Crippen molar-refractivity contribution in [3.05, 3.63) is 65.7 Å². The number of hydrogen-bond acceptors (Lipinski definition) is 2. The van der Waals surface area contributed by atoms with Gasteiger partial charge in [0, 0.05) is 36.4 Å². The van der Waals surface area contributed by atoms with E-state index in [2.05, 4.69) is 0 Å². The molecule has 0 aliphatic heterocycles. The van der Waals surface area contributed by atoms with Crippen LogP contribution in [0.1, 0.15) is 41.5 Å². The van der Waals surface area contributed by atoms with Crippen LogP contribution in [0, 0.1) is 0 Å². The van der Waals surface area contributed by atoms with E-state index in [1.165, 1.54) is 0 Å². The van der Waals surface area contributed by atoms with Crippen LogP contribution >= 0.6 is 0 Å². The van der Waals surface area contributed by atoms with Gasteiger partial charge in [0.05, 0.1) is 0 Å². The molecule has 24 heavy (non-hydrogen) atoms. The fourth-order valence-corrected chi connectivity index (χ4v) is 2.66. The summed E-state index contributed by atoms with van der Waals surface area (Å²) in [6.45, 7) is 7.80. The van der Waals surface area contributed by atoms with Crippen LogP contribution in [0.3, 0.4) is 0 Å². The van der Waals surface area contributed by atoms with Crippen LogP contribution in [-0.4, -0.2) is 36.3 Å². The summed E-state index contributed by atoms with van der Waals surface area (Å²) in [5, 5.41) is 0. The highest BCUT2D eigenvalue weighted by Gasteiger charge is 2.17. The molecule has 0 fully saturated rings. The first-order chi connectivity index (χ1) is 11.6. The fourth-order valence-electron chi connectivity index (χ4n) is 2.66. The predicted molar refractivity (Wildman–Crippen MR) is 97.5 cm³/mol. The summed E-state index contributed by atoms with van der Waals surface area (Å²) in [5.74, 6) is -0.0695. The highest BCUT2D eigenvalue weighted by Crippen LogP contribution is 2.17. The largest absolute Gasteiger partial charge is 0.339 e. The van der Waals surface area contributed by atoms with Crippen molar-refractivity contribution in [3.63, 3.8) is 0 Å². The third kappa shape index (κ3) is 3.82. The molecule has 2 amide bonds. The molecule has 0 heterocycles. The molecule has 0 radical (unpaired) electrons. The van der Waals surface area contributed by atoms with Gasteiger partial charge in [0.1, 0.15) is 0 Å². The fraction of sp³-hybridized carbons (Fsp3) is 0.300. The monoisotopic (exact) mass is 324 g/mol. The lowest BCUT2D eigenvalue weighted by molar-refractivity contribution is 0.0772. The molecule has 0 spiro atoms. The maximum absolute atomic E-state index is 12.7. The number of benzene rings is 2. The van der Waals surface area contributed by atoms with Crippen LogP contribution in [-0.2, 0) is 0 Å². The van der Waals surface area contributed by atoms with Gasteiger partial charge in [0.15, 0.2) is 0 Å². The maximum atomic E-state index is 12.7. The Bertz CT molecular complexity index is 677. The molecule has 0 bridgehead atoms. The normalized spacial score (nSPS) is 10.3. The van der Waals surface area contributed by atoms with Gasteiger partial charge in [-0.1, -0.05) is 18.2 Å². The molecule has 2 aromatic rings. The summed E-state index contributed by atoms with van der Waals surface area (Å²) >= 11 is 0. The van der Waals surface area contributed by atoms with E-state index in [9.17, 15) is 9.59 Å². The van der Waals surface area contributed by atoms with Crippen molar-refractivity contribution in [3.8, 4) is 0 Å². The highest BCUT2D eigenvalue weighted by atomic mass is 16.2. The average Bonchev–Trinajstić information content (AvgIpc) is 2.64. The van der Waals surface area contributed by atoms with Gasteiger partial charge in [-0.15, -0.1) is 0 Å². The SMILES string of the molecule is CCN(CC)C(=O)c1ccc(C(=O)N(CC)c2ccccc2)cc1. The van der Waals surface area contributed by atoms with Crippen molar-refractivity contribution in [2.75, 3.05) is 24.5 Å². The number of para-hydroxylation sites is 1. The van der Waals surface area contributed by atoms with E-state index < -0.39 is 0 Å². The maximum Gasteiger partial charge on any atom is 0.258 e. The van der Waals surface area contributed by atoms with Gasteiger partial charge in [0.2, 0.25) is 0 Å². The quantitative estimate of drug-likeness (QED) is 0.810. The molecule has 126 valence electrons. The topological polar surface area (TPSA) is 40.6 Å². The Kier molecular flexibility index (Phi) is 6.13. The number of hydrogen-bond donors (Lipinski definition) is 0. The molecule has 4 nitrogen and oxygen atoms in total. The standard InChI is InChI=1S/C20H24N2O2/c1-4-21(5-2)19(23)16-12-14-17(15-13-16)20(24)22(6-3)18-10-8-7-9-11-18/h7-15H,4-6H2,1-3H3. The molecular weight excluding hydrogens is 300 g/mol. The Hall–Kier alpha value is -2.62. The number of carbonyl (C=O) groups is 2. The summed E-state index contributed by atoms with van der Waals surface area (Å²) in [6.07, 6.45) is 0. The lowest BCUT2D eigenvalue weighted by atomic mass is 10.1. The number of carbonyl (C=O) groups excluding carboxylic acids is 2. The van der Waals surface area contributed by atoms with E-state index >= 15 is 0 Å². The first-order valence-corrected chi connectivity index (χ1v) is 8.38. The van der Waals surface area contributed by atoms with E-state index in [0.29, 0.717) is 30.8 Å². The minimum absolute atomic E-state index is 0.00518. The molecule has 2 aromatic carbocycles. The Morgan fingerprint density at radius 2 is 1.21 bits per heavy atom. The van der Waals surface area contributed by atoms with Gasteiger partial charge < -0.3 is 9.80 Å². The first kappa shape index (κ1) is 17.7. The van der Waals surface area contributed by atoms with E-state index in [-0.39, 0.29) is 11.8 Å². The van der Waals surface area contributed by atoms with Gasteiger partial charge in [0.25, 0.3) is 11.8 Å². The van der Waals surface area contributed by atoms with Gasteiger partial charge in [-0.3, -0.25) is 9.59 Å². The van der Waals surface area contributed by atoms with Crippen LogP contribution in [0.5, 0.6) is 0 Å². The van der Waals surface area contributed by atoms with E-state index in [4.69, 9.17) is 0 Å². The van der Waals surface area contributed by atoms with Crippen molar-refractivity contribution < 1.29 is 9.59 Å². The third-order valence-electron chi connectivity index (χ3n) is 4.06. The molecule has 0 saturated heterocycles. The molecule has 2 rings (SSSR count).